The molecule has 1 aromatic heterocycles. The molecule has 1 aromatic rings. The second kappa shape index (κ2) is 6.74. The van der Waals surface area contributed by atoms with Crippen LogP contribution in [-0.4, -0.2) is 27.6 Å². The molecule has 0 radical (unpaired) electrons. The van der Waals surface area contributed by atoms with E-state index in [-0.39, 0.29) is 6.61 Å². The van der Waals surface area contributed by atoms with Crippen LogP contribution >= 0.6 is 11.5 Å². The number of anilines is 1. The fourth-order valence-electron chi connectivity index (χ4n) is 1.21. The SMILES string of the molecule is CCc1nsc(NCCCC(C)CO)n1. The molecule has 0 aromatic carbocycles. The van der Waals surface area contributed by atoms with E-state index >= 15 is 0 Å². The van der Waals surface area contributed by atoms with Crippen molar-refractivity contribution < 1.29 is 5.11 Å². The molecular formula is C10H19N3OS. The van der Waals surface area contributed by atoms with Gasteiger partial charge in [0, 0.05) is 31.1 Å². The van der Waals surface area contributed by atoms with Gasteiger partial charge in [-0.15, -0.1) is 0 Å². The predicted octanol–water partition coefficient (Wildman–Crippen LogP) is 1.92. The average Bonchev–Trinajstić information content (AvgIpc) is 2.72. The van der Waals surface area contributed by atoms with Gasteiger partial charge in [-0.05, 0) is 18.8 Å². The van der Waals surface area contributed by atoms with Gasteiger partial charge in [-0.3, -0.25) is 0 Å². The van der Waals surface area contributed by atoms with E-state index in [1.807, 2.05) is 0 Å². The summed E-state index contributed by atoms with van der Waals surface area (Å²) in [5, 5.41) is 13.0. The summed E-state index contributed by atoms with van der Waals surface area (Å²) < 4.78 is 4.19. The first-order valence-electron chi connectivity index (χ1n) is 5.43. The minimum absolute atomic E-state index is 0.277. The second-order valence-corrected chi connectivity index (χ2v) is 4.48. The number of aliphatic hydroxyl groups is 1. The van der Waals surface area contributed by atoms with Gasteiger partial charge in [0.15, 0.2) is 0 Å². The Morgan fingerprint density at radius 2 is 2.33 bits per heavy atom. The van der Waals surface area contributed by atoms with E-state index in [9.17, 15) is 0 Å². The molecule has 0 bridgehead atoms. The Labute approximate surface area is 94.9 Å². The smallest absolute Gasteiger partial charge is 0.202 e. The van der Waals surface area contributed by atoms with Crippen molar-refractivity contribution in [1.29, 1.82) is 0 Å². The maximum Gasteiger partial charge on any atom is 0.202 e. The molecule has 2 N–H and O–H groups in total. The minimum atomic E-state index is 0.277. The zero-order chi connectivity index (χ0) is 11.1. The van der Waals surface area contributed by atoms with Crippen molar-refractivity contribution in [3.8, 4) is 0 Å². The molecule has 15 heavy (non-hydrogen) atoms. The van der Waals surface area contributed by atoms with Gasteiger partial charge in [0.05, 0.1) is 0 Å². The van der Waals surface area contributed by atoms with Crippen LogP contribution in [0.25, 0.3) is 0 Å². The van der Waals surface area contributed by atoms with Crippen LogP contribution in [0, 0.1) is 5.92 Å². The van der Waals surface area contributed by atoms with Crippen LogP contribution in [0.5, 0.6) is 0 Å². The molecule has 0 aliphatic heterocycles. The van der Waals surface area contributed by atoms with Crippen molar-refractivity contribution >= 4 is 16.7 Å². The molecule has 4 nitrogen and oxygen atoms in total. The Bertz CT molecular complexity index is 277. The zero-order valence-electron chi connectivity index (χ0n) is 9.36. The molecule has 0 aliphatic rings. The van der Waals surface area contributed by atoms with Crippen LogP contribution in [0.2, 0.25) is 0 Å². The van der Waals surface area contributed by atoms with Crippen molar-refractivity contribution in [1.82, 2.24) is 9.36 Å². The highest BCUT2D eigenvalue weighted by atomic mass is 32.1. The van der Waals surface area contributed by atoms with Gasteiger partial charge < -0.3 is 10.4 Å². The first-order chi connectivity index (χ1) is 7.26. The van der Waals surface area contributed by atoms with E-state index in [1.54, 1.807) is 0 Å². The molecule has 0 amide bonds. The van der Waals surface area contributed by atoms with E-state index in [0.29, 0.717) is 5.92 Å². The number of rotatable bonds is 7. The molecule has 0 saturated heterocycles. The Hall–Kier alpha value is -0.680. The van der Waals surface area contributed by atoms with Crippen LogP contribution < -0.4 is 5.32 Å². The number of nitrogens with one attached hydrogen (secondary N) is 1. The quantitative estimate of drug-likeness (QED) is 0.701. The van der Waals surface area contributed by atoms with Crippen molar-refractivity contribution in [2.45, 2.75) is 33.1 Å². The molecular weight excluding hydrogens is 210 g/mol. The third-order valence-corrected chi connectivity index (χ3v) is 2.96. The van der Waals surface area contributed by atoms with Crippen LogP contribution in [0.3, 0.4) is 0 Å². The minimum Gasteiger partial charge on any atom is -0.396 e. The van der Waals surface area contributed by atoms with Gasteiger partial charge in [0.2, 0.25) is 5.13 Å². The third-order valence-electron chi connectivity index (χ3n) is 2.25. The number of aromatic nitrogens is 2. The first kappa shape index (κ1) is 12.4. The standard InChI is InChI=1S/C10H19N3OS/c1-3-9-12-10(15-13-9)11-6-4-5-8(2)7-14/h8,14H,3-7H2,1-2H3,(H,11,12,13). The molecule has 0 saturated carbocycles. The summed E-state index contributed by atoms with van der Waals surface area (Å²) in [5.41, 5.74) is 0. The van der Waals surface area contributed by atoms with Crippen LogP contribution in [0.4, 0.5) is 5.13 Å². The highest BCUT2D eigenvalue weighted by Gasteiger charge is 2.02. The summed E-state index contributed by atoms with van der Waals surface area (Å²) in [6.45, 7) is 5.29. The summed E-state index contributed by atoms with van der Waals surface area (Å²) in [6.07, 6.45) is 2.99. The predicted molar refractivity (Wildman–Crippen MR) is 63.3 cm³/mol. The number of aliphatic hydroxyl groups excluding tert-OH is 1. The highest BCUT2D eigenvalue weighted by molar-refractivity contribution is 7.09. The van der Waals surface area contributed by atoms with Gasteiger partial charge in [-0.2, -0.15) is 4.37 Å². The van der Waals surface area contributed by atoms with Crippen molar-refractivity contribution in [2.24, 2.45) is 5.92 Å². The molecule has 0 spiro atoms. The maximum atomic E-state index is 8.85. The lowest BCUT2D eigenvalue weighted by atomic mass is 10.1. The third kappa shape index (κ3) is 4.57. The normalized spacial score (nSPS) is 12.7. The molecule has 0 fully saturated rings. The van der Waals surface area contributed by atoms with Crippen molar-refractivity contribution in [3.05, 3.63) is 5.82 Å². The van der Waals surface area contributed by atoms with Gasteiger partial charge in [-0.1, -0.05) is 13.8 Å². The van der Waals surface area contributed by atoms with Gasteiger partial charge in [0.1, 0.15) is 5.82 Å². The summed E-state index contributed by atoms with van der Waals surface area (Å²) in [6, 6.07) is 0. The zero-order valence-corrected chi connectivity index (χ0v) is 10.2. The Kier molecular flexibility index (Phi) is 5.57. The summed E-state index contributed by atoms with van der Waals surface area (Å²) in [7, 11) is 0. The number of hydrogen-bond acceptors (Lipinski definition) is 5. The fraction of sp³-hybridized carbons (Fsp3) is 0.800. The van der Waals surface area contributed by atoms with E-state index in [1.165, 1.54) is 11.5 Å². The lowest BCUT2D eigenvalue weighted by Gasteiger charge is -2.06. The lowest BCUT2D eigenvalue weighted by Crippen LogP contribution is -2.06. The average molecular weight is 229 g/mol. The number of hydrogen-bond donors (Lipinski definition) is 2. The van der Waals surface area contributed by atoms with E-state index < -0.39 is 0 Å². The second-order valence-electron chi connectivity index (χ2n) is 3.73. The van der Waals surface area contributed by atoms with Crippen molar-refractivity contribution in [3.63, 3.8) is 0 Å². The lowest BCUT2D eigenvalue weighted by molar-refractivity contribution is 0.229. The molecule has 0 aliphatic carbocycles. The first-order valence-corrected chi connectivity index (χ1v) is 6.21. The topological polar surface area (TPSA) is 58.0 Å². The van der Waals surface area contributed by atoms with Gasteiger partial charge in [0.25, 0.3) is 0 Å². The van der Waals surface area contributed by atoms with Crippen LogP contribution in [0.1, 0.15) is 32.5 Å². The fourth-order valence-corrected chi connectivity index (χ4v) is 1.88. The highest BCUT2D eigenvalue weighted by Crippen LogP contribution is 2.12. The maximum absolute atomic E-state index is 8.85. The Morgan fingerprint density at radius 3 is 2.93 bits per heavy atom. The molecule has 86 valence electrons. The van der Waals surface area contributed by atoms with E-state index in [2.05, 4.69) is 28.5 Å². The Balaban J connectivity index is 2.14. The molecule has 1 atom stereocenters. The van der Waals surface area contributed by atoms with Crippen molar-refractivity contribution in [2.75, 3.05) is 18.5 Å². The van der Waals surface area contributed by atoms with Crippen LogP contribution in [0.15, 0.2) is 0 Å². The van der Waals surface area contributed by atoms with E-state index in [4.69, 9.17) is 5.11 Å². The summed E-state index contributed by atoms with van der Waals surface area (Å²) >= 11 is 1.42. The number of nitrogens with zero attached hydrogens (tertiary/aromatic N) is 2. The number of aryl methyl sites for hydroxylation is 1. The molecule has 1 heterocycles. The van der Waals surface area contributed by atoms with Gasteiger partial charge >= 0.3 is 0 Å². The van der Waals surface area contributed by atoms with Crippen LogP contribution in [-0.2, 0) is 6.42 Å². The Morgan fingerprint density at radius 1 is 1.53 bits per heavy atom. The van der Waals surface area contributed by atoms with E-state index in [0.717, 1.165) is 36.8 Å². The molecule has 5 heteroatoms. The summed E-state index contributed by atoms with van der Waals surface area (Å²) in [4.78, 5) is 4.31. The monoisotopic (exact) mass is 229 g/mol. The van der Waals surface area contributed by atoms with Gasteiger partial charge in [-0.25, -0.2) is 4.98 Å². The molecule has 1 rings (SSSR count). The molecule has 1 unspecified atom stereocenters. The largest absolute Gasteiger partial charge is 0.396 e. The summed E-state index contributed by atoms with van der Waals surface area (Å²) in [5.74, 6) is 1.30.